The van der Waals surface area contributed by atoms with E-state index in [2.05, 4.69) is 10.4 Å². The smallest absolute Gasteiger partial charge is 0.272 e. The number of benzene rings is 1. The second kappa shape index (κ2) is 5.64. The Bertz CT molecular complexity index is 1150. The van der Waals surface area contributed by atoms with Gasteiger partial charge in [-0.05, 0) is 38.6 Å². The second-order valence-electron chi connectivity index (χ2n) is 5.81. The second-order valence-corrected chi connectivity index (χ2v) is 5.81. The first-order chi connectivity index (χ1) is 15.5. The van der Waals surface area contributed by atoms with Crippen LogP contribution in [-0.2, 0) is 7.05 Å². The van der Waals surface area contributed by atoms with Crippen molar-refractivity contribution < 1.29 is 19.9 Å². The highest BCUT2D eigenvalue weighted by molar-refractivity contribution is 6.04. The first-order valence-corrected chi connectivity index (χ1v) is 7.55. The van der Waals surface area contributed by atoms with Crippen LogP contribution in [0.25, 0.3) is 10.9 Å². The summed E-state index contributed by atoms with van der Waals surface area (Å²) in [7, 11) is 1.40. The molecule has 5 nitrogen and oxygen atoms in total. The summed E-state index contributed by atoms with van der Waals surface area (Å²) in [5, 5.41) is 6.25. The third-order valence-electron chi connectivity index (χ3n) is 4.31. The molecule has 2 unspecified atom stereocenters. The van der Waals surface area contributed by atoms with Crippen molar-refractivity contribution in [2.45, 2.75) is 50.1 Å². The molecular formula is C18H24N4O. The van der Waals surface area contributed by atoms with Crippen molar-refractivity contribution in [2.75, 3.05) is 6.98 Å². The van der Waals surface area contributed by atoms with Gasteiger partial charge in [0.1, 0.15) is 0 Å². The first-order valence-electron chi connectivity index (χ1n) is 13.0. The largest absolute Gasteiger partial charge is 0.348 e. The number of rotatable bonds is 2. The van der Waals surface area contributed by atoms with Crippen molar-refractivity contribution in [3.8, 4) is 0 Å². The van der Waals surface area contributed by atoms with Crippen LogP contribution in [0.15, 0.2) is 24.2 Å². The molecule has 2 aliphatic rings. The number of nitrogens with one attached hydrogen (secondary N) is 1. The molecule has 2 aliphatic heterocycles. The van der Waals surface area contributed by atoms with Crippen LogP contribution < -0.4 is 5.32 Å². The number of carbonyl (C=O) groups excluding carboxylic acids is 1. The molecular weight excluding hydrogens is 288 g/mol. The highest BCUT2D eigenvalue weighted by atomic mass is 16.2. The van der Waals surface area contributed by atoms with E-state index in [9.17, 15) is 4.79 Å². The van der Waals surface area contributed by atoms with Crippen LogP contribution in [0, 0.1) is 0 Å². The van der Waals surface area contributed by atoms with E-state index in [-0.39, 0.29) is 29.4 Å². The van der Waals surface area contributed by atoms with E-state index < -0.39 is 67.9 Å². The van der Waals surface area contributed by atoms with Gasteiger partial charge in [-0.1, -0.05) is 24.5 Å². The summed E-state index contributed by atoms with van der Waals surface area (Å²) in [4.78, 5) is 14.2. The molecule has 2 bridgehead atoms. The SMILES string of the molecule is [2H]c1c([2H])c([2H])c2c(c(C(=O)NC3C([2H])([2H])C4CCCC(N4C([2H])([2H])[2H])C3([2H])[2H])nn2C)c1[2H]. The van der Waals surface area contributed by atoms with Gasteiger partial charge in [-0.3, -0.25) is 9.48 Å². The van der Waals surface area contributed by atoms with Crippen LogP contribution in [0.2, 0.25) is 0 Å². The van der Waals surface area contributed by atoms with E-state index in [1.54, 1.807) is 0 Å². The maximum Gasteiger partial charge on any atom is 0.272 e. The quantitative estimate of drug-likeness (QED) is 0.923. The Morgan fingerprint density at radius 1 is 1.39 bits per heavy atom. The van der Waals surface area contributed by atoms with Crippen LogP contribution in [-0.4, -0.2) is 45.7 Å². The average Bonchev–Trinajstić information content (AvgIpc) is 3.09. The number of amides is 1. The highest BCUT2D eigenvalue weighted by Gasteiger charge is 2.36. The number of para-hydroxylation sites is 1. The van der Waals surface area contributed by atoms with Gasteiger partial charge in [0.25, 0.3) is 5.91 Å². The predicted molar refractivity (Wildman–Crippen MR) is 90.4 cm³/mol. The molecule has 0 saturated carbocycles. The summed E-state index contributed by atoms with van der Waals surface area (Å²) in [6.45, 7) is -2.72. The Kier molecular flexibility index (Phi) is 1.70. The number of aryl methyl sites for hydroxylation is 1. The minimum Gasteiger partial charge on any atom is -0.348 e. The fraction of sp³-hybridized carbons (Fsp3) is 0.556. The van der Waals surface area contributed by atoms with Crippen LogP contribution >= 0.6 is 0 Å². The predicted octanol–water partition coefficient (Wildman–Crippen LogP) is 2.32. The minimum absolute atomic E-state index is 0.0174. The number of hydrogen-bond acceptors (Lipinski definition) is 3. The molecule has 0 aliphatic carbocycles. The fourth-order valence-corrected chi connectivity index (χ4v) is 3.17. The van der Waals surface area contributed by atoms with E-state index in [1.807, 2.05) is 0 Å². The molecule has 2 aromatic rings. The topological polar surface area (TPSA) is 50.2 Å². The van der Waals surface area contributed by atoms with Gasteiger partial charge in [0.05, 0.1) is 11.0 Å². The van der Waals surface area contributed by atoms with E-state index in [4.69, 9.17) is 15.1 Å². The van der Waals surface area contributed by atoms with Gasteiger partial charge in [0.2, 0.25) is 0 Å². The lowest BCUT2D eigenvalue weighted by atomic mass is 9.82. The van der Waals surface area contributed by atoms with E-state index >= 15 is 0 Å². The zero-order chi connectivity index (χ0) is 25.5. The van der Waals surface area contributed by atoms with Crippen molar-refractivity contribution in [2.24, 2.45) is 7.05 Å². The number of aromatic nitrogens is 2. The summed E-state index contributed by atoms with van der Waals surface area (Å²) < 4.78 is 91.4. The van der Waals surface area contributed by atoms with Gasteiger partial charge in [-0.25, -0.2) is 0 Å². The number of nitrogens with zero attached hydrogens (tertiary/aromatic N) is 3. The van der Waals surface area contributed by atoms with Crippen molar-refractivity contribution in [3.05, 3.63) is 29.9 Å². The molecule has 1 aromatic heterocycles. The van der Waals surface area contributed by atoms with Gasteiger partial charge in [0, 0.05) is 40.2 Å². The Morgan fingerprint density at radius 3 is 2.87 bits per heavy atom. The Hall–Kier alpha value is -1.88. The summed E-state index contributed by atoms with van der Waals surface area (Å²) in [6, 6.07) is -5.95. The summed E-state index contributed by atoms with van der Waals surface area (Å²) in [5.74, 6) is -1.01. The number of hydrogen-bond donors (Lipinski definition) is 1. The Labute approximate surface area is 152 Å². The molecule has 1 N–H and O–H groups in total. The Balaban J connectivity index is 1.79. The molecule has 1 aromatic carbocycles. The number of piperidine rings is 2. The van der Waals surface area contributed by atoms with Crippen molar-refractivity contribution in [3.63, 3.8) is 0 Å². The van der Waals surface area contributed by atoms with E-state index in [0.717, 1.165) is 9.58 Å². The number of carbonyl (C=O) groups is 1. The molecule has 2 atom stereocenters. The number of fused-ring (bicyclic) bond motifs is 3. The van der Waals surface area contributed by atoms with Gasteiger partial charge in [0.15, 0.2) is 5.69 Å². The lowest BCUT2D eigenvalue weighted by Gasteiger charge is -2.47. The van der Waals surface area contributed by atoms with Gasteiger partial charge >= 0.3 is 0 Å². The monoisotopic (exact) mass is 323 g/mol. The molecule has 2 saturated heterocycles. The van der Waals surface area contributed by atoms with Gasteiger partial charge in [-0.15, -0.1) is 0 Å². The minimum atomic E-state index is -2.72. The summed E-state index contributed by atoms with van der Waals surface area (Å²) in [5.41, 5.74) is -0.407. The maximum atomic E-state index is 13.3. The molecule has 2 fully saturated rings. The first kappa shape index (κ1) is 6.93. The van der Waals surface area contributed by atoms with Gasteiger partial charge in [-0.2, -0.15) is 5.10 Å². The Morgan fingerprint density at radius 2 is 2.13 bits per heavy atom. The molecule has 23 heavy (non-hydrogen) atoms. The average molecular weight is 323 g/mol. The standard InChI is InChI=1S/C18H24N4O/c1-21-13-6-5-7-14(21)11-12(10-13)19-18(23)17-15-8-3-4-9-16(15)22(2)20-17/h3-4,8-9,12-14H,5-7,10-11H2,1-2H3,(H,19,23)/i1D3,3D,4D,8D,9D,10D2,11D2. The van der Waals surface area contributed by atoms with Crippen molar-refractivity contribution >= 4 is 16.8 Å². The van der Waals surface area contributed by atoms with Crippen LogP contribution in [0.1, 0.15) is 57.6 Å². The molecule has 122 valence electrons. The third-order valence-corrected chi connectivity index (χ3v) is 4.31. The van der Waals surface area contributed by atoms with Crippen LogP contribution in [0.5, 0.6) is 0 Å². The highest BCUT2D eigenvalue weighted by Crippen LogP contribution is 2.32. The molecule has 0 radical (unpaired) electrons. The molecule has 5 heteroatoms. The van der Waals surface area contributed by atoms with Crippen LogP contribution in [0.4, 0.5) is 0 Å². The van der Waals surface area contributed by atoms with E-state index in [0.29, 0.717) is 6.42 Å². The summed E-state index contributed by atoms with van der Waals surface area (Å²) >= 11 is 0. The molecule has 0 spiro atoms. The molecule has 3 heterocycles. The van der Waals surface area contributed by atoms with Crippen LogP contribution in [0.3, 0.4) is 0 Å². The summed E-state index contributed by atoms with van der Waals surface area (Å²) in [6.07, 6.45) is -4.08. The lowest BCUT2D eigenvalue weighted by Crippen LogP contribution is -2.55. The molecule has 1 amide bonds. The van der Waals surface area contributed by atoms with Crippen molar-refractivity contribution in [1.29, 1.82) is 0 Å². The molecule has 4 rings (SSSR count). The zero-order valence-corrected chi connectivity index (χ0v) is 12.6. The van der Waals surface area contributed by atoms with E-state index in [1.165, 1.54) is 7.05 Å². The fourth-order valence-electron chi connectivity index (χ4n) is 3.17. The van der Waals surface area contributed by atoms with Crippen molar-refractivity contribution in [1.82, 2.24) is 20.0 Å². The van der Waals surface area contributed by atoms with Gasteiger partial charge < -0.3 is 10.2 Å². The zero-order valence-electron chi connectivity index (χ0n) is 23.6. The lowest BCUT2D eigenvalue weighted by molar-refractivity contribution is 0.0462. The maximum absolute atomic E-state index is 13.3. The normalized spacial score (nSPS) is 39.9. The third kappa shape index (κ3) is 2.53.